The number of rotatable bonds is 5. The molecule has 0 aliphatic rings. The lowest BCUT2D eigenvalue weighted by Crippen LogP contribution is -2.35. The highest BCUT2D eigenvalue weighted by molar-refractivity contribution is 6.30. The summed E-state index contributed by atoms with van der Waals surface area (Å²) in [6, 6.07) is 4.30. The molecule has 0 aliphatic heterocycles. The molecule has 1 N–H and O–H groups in total. The van der Waals surface area contributed by atoms with Gasteiger partial charge in [-0.3, -0.25) is 14.9 Å². The fourth-order valence-corrected chi connectivity index (χ4v) is 1.95. The number of nitro groups is 1. The van der Waals surface area contributed by atoms with E-state index < -0.39 is 16.3 Å². The van der Waals surface area contributed by atoms with E-state index in [1.54, 1.807) is 20.8 Å². The van der Waals surface area contributed by atoms with Crippen molar-refractivity contribution in [2.24, 2.45) is 11.3 Å². The molecule has 1 atom stereocenters. The molecule has 1 aromatic rings. The van der Waals surface area contributed by atoms with Gasteiger partial charge in [-0.15, -0.1) is 0 Å². The highest BCUT2D eigenvalue weighted by atomic mass is 35.5. The molecule has 0 spiro atoms. The second kappa shape index (κ2) is 5.57. The normalized spacial score (nSPS) is 14.2. The maximum absolute atomic E-state index is 11.4. The average molecular weight is 286 g/mol. The lowest BCUT2D eigenvalue weighted by atomic mass is 9.74. The molecule has 0 radical (unpaired) electrons. The van der Waals surface area contributed by atoms with Gasteiger partial charge in [0.1, 0.15) is 0 Å². The van der Waals surface area contributed by atoms with Gasteiger partial charge in [-0.2, -0.15) is 0 Å². The third kappa shape index (κ3) is 3.23. The lowest BCUT2D eigenvalue weighted by molar-refractivity contribution is -0.385. The second-order valence-electron chi connectivity index (χ2n) is 5.08. The zero-order chi connectivity index (χ0) is 14.8. The average Bonchev–Trinajstić information content (AvgIpc) is 2.30. The van der Waals surface area contributed by atoms with E-state index in [0.717, 1.165) is 0 Å². The zero-order valence-electron chi connectivity index (χ0n) is 11.0. The molecule has 5 nitrogen and oxygen atoms in total. The lowest BCUT2D eigenvalue weighted by Gasteiger charge is -2.29. The second-order valence-corrected chi connectivity index (χ2v) is 5.52. The Balaban J connectivity index is 3.25. The van der Waals surface area contributed by atoms with Gasteiger partial charge < -0.3 is 5.11 Å². The van der Waals surface area contributed by atoms with Crippen LogP contribution in [0.1, 0.15) is 26.3 Å². The Morgan fingerprint density at radius 2 is 2.11 bits per heavy atom. The maximum Gasteiger partial charge on any atom is 0.309 e. The Bertz CT molecular complexity index is 515. The number of hydrogen-bond acceptors (Lipinski definition) is 3. The van der Waals surface area contributed by atoms with Crippen LogP contribution >= 0.6 is 11.6 Å². The van der Waals surface area contributed by atoms with E-state index >= 15 is 0 Å². The van der Waals surface area contributed by atoms with Crippen LogP contribution in [0.15, 0.2) is 18.2 Å². The fraction of sp³-hybridized carbons (Fsp3) is 0.462. The molecule has 0 saturated carbocycles. The third-order valence-electron chi connectivity index (χ3n) is 3.56. The Labute approximate surface area is 116 Å². The Hall–Kier alpha value is -1.62. The van der Waals surface area contributed by atoms with Gasteiger partial charge in [0.2, 0.25) is 0 Å². The van der Waals surface area contributed by atoms with Crippen LogP contribution in [0.2, 0.25) is 5.02 Å². The van der Waals surface area contributed by atoms with E-state index in [4.69, 9.17) is 11.6 Å². The van der Waals surface area contributed by atoms with Crippen molar-refractivity contribution in [3.8, 4) is 0 Å². The van der Waals surface area contributed by atoms with E-state index in [1.165, 1.54) is 18.2 Å². The highest BCUT2D eigenvalue weighted by Crippen LogP contribution is 2.35. The predicted octanol–water partition coefficient (Wildman–Crippen LogP) is 3.54. The van der Waals surface area contributed by atoms with Crippen LogP contribution in [-0.4, -0.2) is 16.0 Å². The third-order valence-corrected chi connectivity index (χ3v) is 3.80. The maximum atomic E-state index is 11.4. The number of carboxylic acid groups (broad SMARTS) is 1. The molecule has 0 saturated heterocycles. The molecule has 1 rings (SSSR count). The van der Waals surface area contributed by atoms with E-state index in [-0.39, 0.29) is 23.0 Å². The predicted molar refractivity (Wildman–Crippen MR) is 72.4 cm³/mol. The summed E-state index contributed by atoms with van der Waals surface area (Å²) in [7, 11) is 0. The van der Waals surface area contributed by atoms with E-state index in [9.17, 15) is 20.0 Å². The van der Waals surface area contributed by atoms with Gasteiger partial charge in [-0.1, -0.05) is 31.5 Å². The molecule has 1 unspecified atom stereocenters. The summed E-state index contributed by atoms with van der Waals surface area (Å²) in [4.78, 5) is 21.9. The summed E-state index contributed by atoms with van der Waals surface area (Å²) in [5.74, 6) is -1.12. The standard InChI is InChI=1S/C13H16ClNO4/c1-8(2)13(3,12(16)17)7-9-4-5-10(14)6-11(9)15(18)19/h4-6,8H,7H2,1-3H3,(H,16,17). The molecular weight excluding hydrogens is 270 g/mol. The van der Waals surface area contributed by atoms with Gasteiger partial charge in [-0.05, 0) is 25.3 Å². The Kier molecular flexibility index (Phi) is 4.52. The molecule has 104 valence electrons. The van der Waals surface area contributed by atoms with Gasteiger partial charge >= 0.3 is 5.97 Å². The van der Waals surface area contributed by atoms with Gasteiger partial charge in [0.15, 0.2) is 0 Å². The fourth-order valence-electron chi connectivity index (χ4n) is 1.78. The van der Waals surface area contributed by atoms with Crippen LogP contribution < -0.4 is 0 Å². The van der Waals surface area contributed by atoms with Crippen molar-refractivity contribution < 1.29 is 14.8 Å². The Morgan fingerprint density at radius 3 is 2.53 bits per heavy atom. The van der Waals surface area contributed by atoms with Crippen molar-refractivity contribution >= 4 is 23.3 Å². The number of hydrogen-bond donors (Lipinski definition) is 1. The molecule has 1 aromatic carbocycles. The number of benzene rings is 1. The molecule has 0 amide bonds. The summed E-state index contributed by atoms with van der Waals surface area (Å²) < 4.78 is 0. The minimum atomic E-state index is -1.06. The molecule has 0 aromatic heterocycles. The number of aliphatic carboxylic acids is 1. The highest BCUT2D eigenvalue weighted by Gasteiger charge is 2.38. The summed E-state index contributed by atoms with van der Waals surface area (Å²) in [6.07, 6.45) is 0.0908. The number of halogens is 1. The smallest absolute Gasteiger partial charge is 0.309 e. The molecule has 0 bridgehead atoms. The van der Waals surface area contributed by atoms with Crippen LogP contribution in [0.5, 0.6) is 0 Å². The molecule has 19 heavy (non-hydrogen) atoms. The van der Waals surface area contributed by atoms with Gasteiger partial charge in [0.25, 0.3) is 5.69 Å². The van der Waals surface area contributed by atoms with Gasteiger partial charge in [0, 0.05) is 16.7 Å². The van der Waals surface area contributed by atoms with Crippen LogP contribution in [0.3, 0.4) is 0 Å². The summed E-state index contributed by atoms with van der Waals surface area (Å²) in [5.41, 5.74) is -0.813. The Morgan fingerprint density at radius 1 is 1.53 bits per heavy atom. The first-order chi connectivity index (χ1) is 8.68. The van der Waals surface area contributed by atoms with Crippen molar-refractivity contribution in [2.75, 3.05) is 0 Å². The molecule has 6 heteroatoms. The molecule has 0 aliphatic carbocycles. The molecule has 0 heterocycles. The first-order valence-corrected chi connectivity index (χ1v) is 6.22. The number of carboxylic acids is 1. The zero-order valence-corrected chi connectivity index (χ0v) is 11.8. The number of carbonyl (C=O) groups is 1. The monoisotopic (exact) mass is 285 g/mol. The van der Waals surface area contributed by atoms with Gasteiger partial charge in [0.05, 0.1) is 10.3 Å². The number of nitrogens with zero attached hydrogens (tertiary/aromatic N) is 1. The van der Waals surface area contributed by atoms with E-state index in [2.05, 4.69) is 0 Å². The van der Waals surface area contributed by atoms with Crippen molar-refractivity contribution in [3.63, 3.8) is 0 Å². The summed E-state index contributed by atoms with van der Waals surface area (Å²) in [5, 5.41) is 20.6. The van der Waals surface area contributed by atoms with E-state index in [1.807, 2.05) is 0 Å². The molecular formula is C13H16ClNO4. The van der Waals surface area contributed by atoms with Crippen molar-refractivity contribution in [3.05, 3.63) is 38.9 Å². The minimum absolute atomic E-state index is 0.0908. The van der Waals surface area contributed by atoms with Crippen LogP contribution in [0, 0.1) is 21.4 Å². The summed E-state index contributed by atoms with van der Waals surface area (Å²) in [6.45, 7) is 5.17. The minimum Gasteiger partial charge on any atom is -0.481 e. The van der Waals surface area contributed by atoms with Crippen molar-refractivity contribution in [1.82, 2.24) is 0 Å². The van der Waals surface area contributed by atoms with Crippen LogP contribution in [0.4, 0.5) is 5.69 Å². The largest absolute Gasteiger partial charge is 0.481 e. The van der Waals surface area contributed by atoms with Crippen molar-refractivity contribution in [1.29, 1.82) is 0 Å². The van der Waals surface area contributed by atoms with Crippen LogP contribution in [0.25, 0.3) is 0 Å². The van der Waals surface area contributed by atoms with Crippen LogP contribution in [-0.2, 0) is 11.2 Å². The van der Waals surface area contributed by atoms with Gasteiger partial charge in [-0.25, -0.2) is 0 Å². The summed E-state index contributed by atoms with van der Waals surface area (Å²) >= 11 is 5.74. The number of nitro benzene ring substituents is 1. The van der Waals surface area contributed by atoms with E-state index in [0.29, 0.717) is 5.56 Å². The van der Waals surface area contributed by atoms with Crippen molar-refractivity contribution in [2.45, 2.75) is 27.2 Å². The first-order valence-electron chi connectivity index (χ1n) is 5.84. The first kappa shape index (κ1) is 15.4. The quantitative estimate of drug-likeness (QED) is 0.663. The topological polar surface area (TPSA) is 80.4 Å². The molecule has 0 fully saturated rings. The SMILES string of the molecule is CC(C)C(C)(Cc1ccc(Cl)cc1[N+](=O)[O-])C(=O)O.